The molecule has 0 N–H and O–H groups in total. The second-order valence-electron chi connectivity index (χ2n) is 3.19. The largest absolute Gasteiger partial charge is 0.616 e. The van der Waals surface area contributed by atoms with Crippen molar-refractivity contribution in [2.24, 2.45) is 0 Å². The van der Waals surface area contributed by atoms with E-state index in [1.165, 1.54) is 0 Å². The maximum atomic E-state index is 11.8. The highest BCUT2D eigenvalue weighted by atomic mass is 32.2. The summed E-state index contributed by atoms with van der Waals surface area (Å²) in [5.74, 6) is 1.16. The zero-order chi connectivity index (χ0) is 10.5. The predicted molar refractivity (Wildman–Crippen MR) is 64.1 cm³/mol. The summed E-state index contributed by atoms with van der Waals surface area (Å²) in [6, 6.07) is 9.90. The Morgan fingerprint density at radius 1 is 1.20 bits per heavy atom. The summed E-state index contributed by atoms with van der Waals surface area (Å²) in [6.45, 7) is 0. The van der Waals surface area contributed by atoms with Gasteiger partial charge in [-0.2, -0.15) is 0 Å². The van der Waals surface area contributed by atoms with Crippen LogP contribution >= 0.6 is 11.3 Å². The van der Waals surface area contributed by atoms with E-state index in [2.05, 4.69) is 4.98 Å². The van der Waals surface area contributed by atoms with E-state index in [1.807, 2.05) is 35.7 Å². The lowest BCUT2D eigenvalue weighted by Crippen LogP contribution is -2.07. The summed E-state index contributed by atoms with van der Waals surface area (Å²) in [4.78, 5) is 4.12. The highest BCUT2D eigenvalue weighted by Crippen LogP contribution is 2.12. The van der Waals surface area contributed by atoms with E-state index in [0.717, 1.165) is 11.3 Å². The molecule has 0 aliphatic heterocycles. The Bertz CT molecular complexity index is 388. The van der Waals surface area contributed by atoms with Gasteiger partial charge in [0.05, 0.1) is 5.51 Å². The summed E-state index contributed by atoms with van der Waals surface area (Å²) in [6.07, 6.45) is 0. The van der Waals surface area contributed by atoms with Gasteiger partial charge < -0.3 is 4.55 Å². The second kappa shape index (κ2) is 5.30. The first-order valence-electron chi connectivity index (χ1n) is 4.60. The third-order valence-electron chi connectivity index (χ3n) is 1.96. The Labute approximate surface area is 96.2 Å². The number of aromatic nitrogens is 1. The minimum absolute atomic E-state index is 0.554. The molecule has 0 fully saturated rings. The summed E-state index contributed by atoms with van der Waals surface area (Å²) < 4.78 is 11.8. The van der Waals surface area contributed by atoms with Gasteiger partial charge >= 0.3 is 0 Å². The lowest BCUT2D eigenvalue weighted by atomic mass is 10.2. The maximum Gasteiger partial charge on any atom is 0.148 e. The van der Waals surface area contributed by atoms with E-state index in [1.54, 1.807) is 16.8 Å². The first kappa shape index (κ1) is 10.7. The van der Waals surface area contributed by atoms with Gasteiger partial charge in [0.15, 0.2) is 0 Å². The third kappa shape index (κ3) is 3.34. The molecule has 0 radical (unpaired) electrons. The van der Waals surface area contributed by atoms with Gasteiger partial charge in [0.2, 0.25) is 0 Å². The van der Waals surface area contributed by atoms with Gasteiger partial charge in [0, 0.05) is 10.9 Å². The molecule has 78 valence electrons. The molecule has 2 aromatic rings. The SMILES string of the molecule is [O-][S@@+](Cc1ccccc1)Cc1cscn1. The van der Waals surface area contributed by atoms with Crippen molar-refractivity contribution in [2.45, 2.75) is 11.5 Å². The van der Waals surface area contributed by atoms with Crippen LogP contribution in [0.4, 0.5) is 0 Å². The van der Waals surface area contributed by atoms with Crippen molar-refractivity contribution in [1.29, 1.82) is 0 Å². The minimum atomic E-state index is -0.856. The lowest BCUT2D eigenvalue weighted by molar-refractivity contribution is 0.593. The topological polar surface area (TPSA) is 36.0 Å². The molecule has 2 rings (SSSR count). The summed E-state index contributed by atoms with van der Waals surface area (Å²) in [5, 5.41) is 1.95. The van der Waals surface area contributed by atoms with E-state index in [9.17, 15) is 4.55 Å². The first-order valence-corrected chi connectivity index (χ1v) is 7.03. The Balaban J connectivity index is 1.90. The summed E-state index contributed by atoms with van der Waals surface area (Å²) in [7, 11) is 0. The number of thiazole rings is 1. The van der Waals surface area contributed by atoms with Crippen LogP contribution in [0.15, 0.2) is 41.2 Å². The average Bonchev–Trinajstić information content (AvgIpc) is 2.71. The van der Waals surface area contributed by atoms with Crippen LogP contribution in [0.5, 0.6) is 0 Å². The van der Waals surface area contributed by atoms with Gasteiger partial charge in [-0.1, -0.05) is 30.3 Å². The van der Waals surface area contributed by atoms with Crippen LogP contribution < -0.4 is 0 Å². The summed E-state index contributed by atoms with van der Waals surface area (Å²) >= 11 is 0.686. The number of benzene rings is 1. The fourth-order valence-electron chi connectivity index (χ4n) is 1.28. The van der Waals surface area contributed by atoms with Gasteiger partial charge in [-0.3, -0.25) is 0 Å². The van der Waals surface area contributed by atoms with Crippen LogP contribution in [0.1, 0.15) is 11.3 Å². The molecule has 0 aliphatic rings. The van der Waals surface area contributed by atoms with Crippen LogP contribution in [0.3, 0.4) is 0 Å². The molecule has 15 heavy (non-hydrogen) atoms. The number of hydrogen-bond acceptors (Lipinski definition) is 3. The zero-order valence-electron chi connectivity index (χ0n) is 8.13. The van der Waals surface area contributed by atoms with E-state index in [-0.39, 0.29) is 0 Å². The predicted octanol–water partition coefficient (Wildman–Crippen LogP) is 2.59. The quantitative estimate of drug-likeness (QED) is 0.766. The molecule has 0 amide bonds. The van der Waals surface area contributed by atoms with Crippen molar-refractivity contribution in [2.75, 3.05) is 0 Å². The molecule has 0 unspecified atom stereocenters. The molecule has 4 heteroatoms. The molecule has 1 aromatic carbocycles. The minimum Gasteiger partial charge on any atom is -0.616 e. The molecule has 1 heterocycles. The fourth-order valence-corrected chi connectivity index (χ4v) is 3.10. The highest BCUT2D eigenvalue weighted by molar-refractivity contribution is 7.89. The lowest BCUT2D eigenvalue weighted by Gasteiger charge is -2.09. The fraction of sp³-hybridized carbons (Fsp3) is 0.182. The highest BCUT2D eigenvalue weighted by Gasteiger charge is 2.09. The van der Waals surface area contributed by atoms with Crippen molar-refractivity contribution in [3.63, 3.8) is 0 Å². The number of rotatable bonds is 4. The van der Waals surface area contributed by atoms with Crippen molar-refractivity contribution < 1.29 is 4.55 Å². The van der Waals surface area contributed by atoms with E-state index >= 15 is 0 Å². The van der Waals surface area contributed by atoms with Crippen molar-refractivity contribution in [1.82, 2.24) is 4.98 Å². The monoisotopic (exact) mass is 237 g/mol. The van der Waals surface area contributed by atoms with Gasteiger partial charge in [-0.05, 0) is 11.2 Å². The summed E-state index contributed by atoms with van der Waals surface area (Å²) in [5.41, 5.74) is 3.81. The molecule has 0 saturated carbocycles. The van der Waals surface area contributed by atoms with Crippen molar-refractivity contribution >= 4 is 22.5 Å². The molecule has 0 saturated heterocycles. The Kier molecular flexibility index (Phi) is 3.77. The Morgan fingerprint density at radius 2 is 2.00 bits per heavy atom. The first-order chi connectivity index (χ1) is 7.34. The molecule has 0 aliphatic carbocycles. The second-order valence-corrected chi connectivity index (χ2v) is 5.37. The van der Waals surface area contributed by atoms with Crippen molar-refractivity contribution in [3.8, 4) is 0 Å². The zero-order valence-corrected chi connectivity index (χ0v) is 9.76. The van der Waals surface area contributed by atoms with Crippen LogP contribution in [-0.2, 0) is 22.7 Å². The van der Waals surface area contributed by atoms with E-state index < -0.39 is 11.2 Å². The molecule has 2 nitrogen and oxygen atoms in total. The maximum absolute atomic E-state index is 11.8. The molecular weight excluding hydrogens is 226 g/mol. The third-order valence-corrected chi connectivity index (χ3v) is 3.87. The van der Waals surface area contributed by atoms with E-state index in [0.29, 0.717) is 11.5 Å². The van der Waals surface area contributed by atoms with Crippen LogP contribution in [-0.4, -0.2) is 9.54 Å². The van der Waals surface area contributed by atoms with Gasteiger partial charge in [-0.25, -0.2) is 4.98 Å². The Morgan fingerprint density at radius 3 is 2.67 bits per heavy atom. The molecule has 0 spiro atoms. The Hall–Kier alpha value is -0.840. The van der Waals surface area contributed by atoms with Gasteiger partial charge in [0.25, 0.3) is 0 Å². The van der Waals surface area contributed by atoms with E-state index in [4.69, 9.17) is 0 Å². The van der Waals surface area contributed by atoms with Crippen LogP contribution in [0.25, 0.3) is 0 Å². The molecule has 1 aromatic heterocycles. The number of nitrogens with zero attached hydrogens (tertiary/aromatic N) is 1. The smallest absolute Gasteiger partial charge is 0.148 e. The van der Waals surface area contributed by atoms with Crippen molar-refractivity contribution in [3.05, 3.63) is 52.5 Å². The van der Waals surface area contributed by atoms with Crippen LogP contribution in [0, 0.1) is 0 Å². The standard InChI is InChI=1S/C11H11NOS2/c13-15(8-11-6-14-9-12-11)7-10-4-2-1-3-5-10/h1-6,9H,7-8H2/t15-/m0/s1. The van der Waals surface area contributed by atoms with Crippen LogP contribution in [0.2, 0.25) is 0 Å². The van der Waals surface area contributed by atoms with Gasteiger partial charge in [-0.15, -0.1) is 11.3 Å². The molecule has 0 bridgehead atoms. The molecule has 1 atom stereocenters. The molecular formula is C11H11NOS2. The number of hydrogen-bond donors (Lipinski definition) is 0. The average molecular weight is 237 g/mol. The van der Waals surface area contributed by atoms with Gasteiger partial charge in [0.1, 0.15) is 17.2 Å². The normalized spacial score (nSPS) is 12.6.